The van der Waals surface area contributed by atoms with Crippen molar-refractivity contribution >= 4 is 0 Å². The van der Waals surface area contributed by atoms with E-state index in [-0.39, 0.29) is 11.7 Å². The first-order valence-corrected chi connectivity index (χ1v) is 7.90. The van der Waals surface area contributed by atoms with Crippen molar-refractivity contribution in [2.24, 2.45) is 0 Å². The molecule has 3 rings (SSSR count). The normalized spacial score (nSPS) is 31.0. The second kappa shape index (κ2) is 5.85. The van der Waals surface area contributed by atoms with Gasteiger partial charge in [-0.25, -0.2) is 0 Å². The Hall–Kier alpha value is -1.26. The summed E-state index contributed by atoms with van der Waals surface area (Å²) < 4.78 is 17.5. The van der Waals surface area contributed by atoms with Gasteiger partial charge in [-0.2, -0.15) is 0 Å². The number of fused-ring (bicyclic) bond motifs is 1. The van der Waals surface area contributed by atoms with E-state index in [0.29, 0.717) is 6.04 Å². The van der Waals surface area contributed by atoms with Crippen molar-refractivity contribution in [3.05, 3.63) is 23.8 Å². The molecule has 0 radical (unpaired) electrons. The smallest absolute Gasteiger partial charge is 0.139 e. The molecule has 0 saturated carbocycles. The van der Waals surface area contributed by atoms with Crippen LogP contribution in [0.2, 0.25) is 0 Å². The molecule has 1 aromatic carbocycles. The SMILES string of the molecule is CCCNC1CC2(CCOC2C)Oc2ccc(OC)cc21. The highest BCUT2D eigenvalue weighted by Gasteiger charge is 2.48. The Morgan fingerprint density at radius 2 is 2.29 bits per heavy atom. The van der Waals surface area contributed by atoms with Gasteiger partial charge in [0.2, 0.25) is 0 Å². The van der Waals surface area contributed by atoms with Crippen LogP contribution in [-0.2, 0) is 4.74 Å². The highest BCUT2D eigenvalue weighted by atomic mass is 16.6. The minimum absolute atomic E-state index is 0.138. The first kappa shape index (κ1) is 14.7. The van der Waals surface area contributed by atoms with E-state index in [1.165, 1.54) is 5.56 Å². The second-order valence-electron chi connectivity index (χ2n) is 6.04. The number of benzene rings is 1. The third kappa shape index (κ3) is 2.62. The van der Waals surface area contributed by atoms with Crippen LogP contribution in [0.5, 0.6) is 11.5 Å². The Kier molecular flexibility index (Phi) is 4.09. The van der Waals surface area contributed by atoms with Crippen molar-refractivity contribution in [3.8, 4) is 11.5 Å². The monoisotopic (exact) mass is 291 g/mol. The highest BCUT2D eigenvalue weighted by Crippen LogP contribution is 2.46. The molecule has 2 heterocycles. The van der Waals surface area contributed by atoms with Gasteiger partial charge in [0.25, 0.3) is 0 Å². The third-order valence-corrected chi connectivity index (χ3v) is 4.73. The minimum atomic E-state index is -0.188. The summed E-state index contributed by atoms with van der Waals surface area (Å²) in [5.41, 5.74) is 1.01. The fourth-order valence-electron chi connectivity index (χ4n) is 3.40. The number of nitrogens with one attached hydrogen (secondary N) is 1. The fraction of sp³-hybridized carbons (Fsp3) is 0.647. The average molecular weight is 291 g/mol. The second-order valence-corrected chi connectivity index (χ2v) is 6.04. The molecular formula is C17H25NO3. The van der Waals surface area contributed by atoms with Gasteiger partial charge in [0, 0.05) is 24.4 Å². The minimum Gasteiger partial charge on any atom is -0.497 e. The van der Waals surface area contributed by atoms with Crippen LogP contribution in [0.25, 0.3) is 0 Å². The van der Waals surface area contributed by atoms with Gasteiger partial charge in [-0.1, -0.05) is 6.92 Å². The van der Waals surface area contributed by atoms with Crippen molar-refractivity contribution < 1.29 is 14.2 Å². The van der Waals surface area contributed by atoms with Crippen LogP contribution < -0.4 is 14.8 Å². The van der Waals surface area contributed by atoms with Gasteiger partial charge < -0.3 is 19.5 Å². The third-order valence-electron chi connectivity index (χ3n) is 4.73. The van der Waals surface area contributed by atoms with Gasteiger partial charge in [-0.05, 0) is 38.1 Å². The number of methoxy groups -OCH3 is 1. The Balaban J connectivity index is 1.94. The first-order chi connectivity index (χ1) is 10.2. The van der Waals surface area contributed by atoms with Gasteiger partial charge in [0.05, 0.1) is 19.8 Å². The number of hydrogen-bond donors (Lipinski definition) is 1. The Morgan fingerprint density at radius 1 is 1.43 bits per heavy atom. The maximum absolute atomic E-state index is 6.38. The zero-order chi connectivity index (χ0) is 14.9. The van der Waals surface area contributed by atoms with E-state index in [2.05, 4.69) is 25.2 Å². The summed E-state index contributed by atoms with van der Waals surface area (Å²) in [6, 6.07) is 6.39. The van der Waals surface area contributed by atoms with E-state index in [9.17, 15) is 0 Å². The number of rotatable bonds is 4. The maximum Gasteiger partial charge on any atom is 0.139 e. The molecule has 1 fully saturated rings. The van der Waals surface area contributed by atoms with Gasteiger partial charge in [-0.3, -0.25) is 0 Å². The summed E-state index contributed by atoms with van der Waals surface area (Å²) >= 11 is 0. The number of ether oxygens (including phenoxy) is 3. The van der Waals surface area contributed by atoms with Gasteiger partial charge in [0.15, 0.2) is 0 Å². The summed E-state index contributed by atoms with van der Waals surface area (Å²) in [7, 11) is 1.70. The predicted octanol–water partition coefficient (Wildman–Crippen LogP) is 3.07. The molecule has 1 spiro atoms. The molecule has 4 nitrogen and oxygen atoms in total. The molecule has 0 amide bonds. The topological polar surface area (TPSA) is 39.7 Å². The van der Waals surface area contributed by atoms with Crippen molar-refractivity contribution in [1.29, 1.82) is 0 Å². The van der Waals surface area contributed by atoms with E-state index in [1.54, 1.807) is 7.11 Å². The molecule has 4 heteroatoms. The fourth-order valence-corrected chi connectivity index (χ4v) is 3.40. The van der Waals surface area contributed by atoms with Crippen LogP contribution in [0.4, 0.5) is 0 Å². The molecule has 0 aromatic heterocycles. The standard InChI is InChI=1S/C17H25NO3/c1-4-8-18-15-11-17(7-9-20-12(17)2)21-16-6-5-13(19-3)10-14(15)16/h5-6,10,12,15,18H,4,7-9,11H2,1-3H3. The van der Waals surface area contributed by atoms with Crippen LogP contribution in [0.15, 0.2) is 18.2 Å². The Labute approximate surface area is 126 Å². The largest absolute Gasteiger partial charge is 0.497 e. The Morgan fingerprint density at radius 3 is 2.95 bits per heavy atom. The molecule has 1 saturated heterocycles. The summed E-state index contributed by atoms with van der Waals surface area (Å²) in [5.74, 6) is 1.85. The quantitative estimate of drug-likeness (QED) is 0.925. The van der Waals surface area contributed by atoms with Crippen molar-refractivity contribution in [3.63, 3.8) is 0 Å². The summed E-state index contributed by atoms with van der Waals surface area (Å²) in [6.07, 6.45) is 3.17. The van der Waals surface area contributed by atoms with Crippen molar-refractivity contribution in [2.45, 2.75) is 50.9 Å². The molecule has 2 aliphatic heterocycles. The van der Waals surface area contributed by atoms with Crippen LogP contribution >= 0.6 is 0 Å². The first-order valence-electron chi connectivity index (χ1n) is 7.90. The van der Waals surface area contributed by atoms with Crippen molar-refractivity contribution in [1.82, 2.24) is 5.32 Å². The molecule has 1 N–H and O–H groups in total. The number of hydrogen-bond acceptors (Lipinski definition) is 4. The average Bonchev–Trinajstić information content (AvgIpc) is 2.84. The summed E-state index contributed by atoms with van der Waals surface area (Å²) in [6.45, 7) is 6.11. The molecule has 0 bridgehead atoms. The van der Waals surface area contributed by atoms with Gasteiger partial charge >= 0.3 is 0 Å². The predicted molar refractivity (Wildman–Crippen MR) is 82.0 cm³/mol. The molecular weight excluding hydrogens is 266 g/mol. The maximum atomic E-state index is 6.38. The molecule has 2 aliphatic rings. The van der Waals surface area contributed by atoms with E-state index in [4.69, 9.17) is 14.2 Å². The lowest BCUT2D eigenvalue weighted by Crippen LogP contribution is -2.48. The van der Waals surface area contributed by atoms with Crippen molar-refractivity contribution in [2.75, 3.05) is 20.3 Å². The molecule has 1 aromatic rings. The zero-order valence-corrected chi connectivity index (χ0v) is 13.1. The lowest BCUT2D eigenvalue weighted by molar-refractivity contribution is -0.0307. The highest BCUT2D eigenvalue weighted by molar-refractivity contribution is 5.44. The Bertz CT molecular complexity index is 505. The molecule has 21 heavy (non-hydrogen) atoms. The van der Waals surface area contributed by atoms with Gasteiger partial charge in [-0.15, -0.1) is 0 Å². The molecule has 0 aliphatic carbocycles. The summed E-state index contributed by atoms with van der Waals surface area (Å²) in [5, 5.41) is 3.66. The zero-order valence-electron chi connectivity index (χ0n) is 13.1. The van der Waals surface area contributed by atoms with Crippen LogP contribution in [0.3, 0.4) is 0 Å². The van der Waals surface area contributed by atoms with Crippen LogP contribution in [-0.4, -0.2) is 32.0 Å². The molecule has 3 atom stereocenters. The lowest BCUT2D eigenvalue weighted by Gasteiger charge is -2.42. The molecule has 3 unspecified atom stereocenters. The molecule has 116 valence electrons. The van der Waals surface area contributed by atoms with E-state index < -0.39 is 0 Å². The van der Waals surface area contributed by atoms with E-state index >= 15 is 0 Å². The lowest BCUT2D eigenvalue weighted by atomic mass is 9.83. The van der Waals surface area contributed by atoms with E-state index in [1.807, 2.05) is 12.1 Å². The van der Waals surface area contributed by atoms with E-state index in [0.717, 1.165) is 43.9 Å². The van der Waals surface area contributed by atoms with Crippen LogP contribution in [0.1, 0.15) is 44.7 Å². The summed E-state index contributed by atoms with van der Waals surface area (Å²) in [4.78, 5) is 0. The van der Waals surface area contributed by atoms with Gasteiger partial charge in [0.1, 0.15) is 17.1 Å². The van der Waals surface area contributed by atoms with Crippen LogP contribution in [0, 0.1) is 0 Å².